The van der Waals surface area contributed by atoms with E-state index in [2.05, 4.69) is 26.0 Å². The number of nitriles is 1. The number of carbonyl (C=O) groups is 2. The highest BCUT2D eigenvalue weighted by Gasteiger charge is 2.14. The second-order valence-electron chi connectivity index (χ2n) is 5.67. The van der Waals surface area contributed by atoms with Gasteiger partial charge in [0, 0.05) is 5.69 Å². The molecule has 0 spiro atoms. The Bertz CT molecular complexity index is 959. The molecule has 0 radical (unpaired) electrons. The average molecular weight is 464 g/mol. The van der Waals surface area contributed by atoms with Gasteiger partial charge in [-0.2, -0.15) is 5.26 Å². The standard InChI is InChI=1S/C20H16BrClN2O4/c1-12-4-3-5-15(6-12)24-20(26)14(10-23)7-13-8-16(21)19(17(22)9-13)28-11-18(25)27-2/h3-9H,11H2,1-2H3,(H,24,26)/b14-7-. The van der Waals surface area contributed by atoms with Crippen LogP contribution in [0.2, 0.25) is 5.02 Å². The molecule has 144 valence electrons. The number of anilines is 1. The van der Waals surface area contributed by atoms with Gasteiger partial charge in [-0.1, -0.05) is 23.7 Å². The number of esters is 1. The van der Waals surface area contributed by atoms with E-state index in [1.165, 1.54) is 19.3 Å². The first kappa shape index (κ1) is 21.5. The minimum Gasteiger partial charge on any atom is -0.479 e. The summed E-state index contributed by atoms with van der Waals surface area (Å²) in [5.74, 6) is -0.829. The SMILES string of the molecule is COC(=O)COc1c(Cl)cc(/C=C(/C#N)C(=O)Nc2cccc(C)c2)cc1Br. The number of amides is 1. The topological polar surface area (TPSA) is 88.4 Å². The summed E-state index contributed by atoms with van der Waals surface area (Å²) >= 11 is 9.50. The first-order valence-corrected chi connectivity index (χ1v) is 9.19. The average Bonchev–Trinajstić information content (AvgIpc) is 2.65. The molecule has 0 aliphatic heterocycles. The Balaban J connectivity index is 2.22. The minimum atomic E-state index is -0.550. The monoisotopic (exact) mass is 462 g/mol. The molecule has 2 aromatic rings. The lowest BCUT2D eigenvalue weighted by molar-refractivity contribution is -0.142. The van der Waals surface area contributed by atoms with Crippen LogP contribution in [0.3, 0.4) is 0 Å². The lowest BCUT2D eigenvalue weighted by atomic mass is 10.1. The predicted octanol–water partition coefficient (Wildman–Crippen LogP) is 4.51. The number of hydrogen-bond donors (Lipinski definition) is 1. The Morgan fingerprint density at radius 1 is 1.32 bits per heavy atom. The summed E-state index contributed by atoms with van der Waals surface area (Å²) in [4.78, 5) is 23.6. The highest BCUT2D eigenvalue weighted by Crippen LogP contribution is 2.35. The molecule has 0 aromatic heterocycles. The normalized spacial score (nSPS) is 10.8. The number of aryl methyl sites for hydroxylation is 1. The molecule has 0 aliphatic carbocycles. The first-order valence-electron chi connectivity index (χ1n) is 8.02. The van der Waals surface area contributed by atoms with E-state index in [0.717, 1.165) is 5.56 Å². The lowest BCUT2D eigenvalue weighted by Crippen LogP contribution is -2.13. The summed E-state index contributed by atoms with van der Waals surface area (Å²) in [6, 6.07) is 12.3. The molecule has 0 heterocycles. The number of nitrogens with zero attached hydrogens (tertiary/aromatic N) is 1. The van der Waals surface area contributed by atoms with Crippen molar-refractivity contribution >= 4 is 51.2 Å². The Hall–Kier alpha value is -2.82. The van der Waals surface area contributed by atoms with Crippen molar-refractivity contribution in [3.63, 3.8) is 0 Å². The molecule has 0 unspecified atom stereocenters. The third-order valence-corrected chi connectivity index (χ3v) is 4.40. The second kappa shape index (κ2) is 9.93. The van der Waals surface area contributed by atoms with Crippen molar-refractivity contribution < 1.29 is 19.1 Å². The van der Waals surface area contributed by atoms with E-state index in [1.54, 1.807) is 18.2 Å². The fraction of sp³-hybridized carbons (Fsp3) is 0.150. The van der Waals surface area contributed by atoms with E-state index in [4.69, 9.17) is 16.3 Å². The number of hydrogen-bond acceptors (Lipinski definition) is 5. The molecule has 28 heavy (non-hydrogen) atoms. The summed E-state index contributed by atoms with van der Waals surface area (Å²) < 4.78 is 10.3. The van der Waals surface area contributed by atoms with Gasteiger partial charge in [0.05, 0.1) is 16.6 Å². The quantitative estimate of drug-likeness (QED) is 0.387. The van der Waals surface area contributed by atoms with E-state index in [-0.39, 0.29) is 23.0 Å². The summed E-state index contributed by atoms with van der Waals surface area (Å²) in [6.45, 7) is 1.60. The van der Waals surface area contributed by atoms with Gasteiger partial charge in [0.2, 0.25) is 0 Å². The van der Waals surface area contributed by atoms with Crippen LogP contribution in [0.5, 0.6) is 5.75 Å². The van der Waals surface area contributed by atoms with Gasteiger partial charge in [0.1, 0.15) is 11.6 Å². The van der Waals surface area contributed by atoms with Crippen LogP contribution in [0.25, 0.3) is 6.08 Å². The fourth-order valence-corrected chi connectivity index (χ4v) is 3.22. The van der Waals surface area contributed by atoms with Gasteiger partial charge in [-0.05, 0) is 64.3 Å². The van der Waals surface area contributed by atoms with Gasteiger partial charge < -0.3 is 14.8 Å². The van der Waals surface area contributed by atoms with E-state index in [9.17, 15) is 14.9 Å². The number of carbonyl (C=O) groups excluding carboxylic acids is 2. The maximum atomic E-state index is 12.4. The zero-order chi connectivity index (χ0) is 20.7. The van der Waals surface area contributed by atoms with Gasteiger partial charge in [0.15, 0.2) is 12.4 Å². The smallest absolute Gasteiger partial charge is 0.343 e. The van der Waals surface area contributed by atoms with Crippen molar-refractivity contribution in [2.45, 2.75) is 6.92 Å². The van der Waals surface area contributed by atoms with E-state index >= 15 is 0 Å². The third-order valence-electron chi connectivity index (χ3n) is 3.53. The minimum absolute atomic E-state index is 0.0901. The van der Waals surface area contributed by atoms with Crippen molar-refractivity contribution in [3.8, 4) is 11.8 Å². The molecule has 0 saturated heterocycles. The molecular formula is C20H16BrClN2O4. The zero-order valence-electron chi connectivity index (χ0n) is 15.1. The van der Waals surface area contributed by atoms with Crippen molar-refractivity contribution in [3.05, 3.63) is 62.6 Å². The molecular weight excluding hydrogens is 448 g/mol. The number of methoxy groups -OCH3 is 1. The van der Waals surface area contributed by atoms with Crippen LogP contribution >= 0.6 is 27.5 Å². The van der Waals surface area contributed by atoms with Crippen LogP contribution in [-0.4, -0.2) is 25.6 Å². The van der Waals surface area contributed by atoms with Crippen molar-refractivity contribution in [2.75, 3.05) is 19.0 Å². The number of benzene rings is 2. The Kier molecular flexibility index (Phi) is 7.61. The molecule has 0 fully saturated rings. The second-order valence-corrected chi connectivity index (χ2v) is 6.93. The van der Waals surface area contributed by atoms with Gasteiger partial charge in [0.25, 0.3) is 5.91 Å². The molecule has 0 atom stereocenters. The summed E-state index contributed by atoms with van der Waals surface area (Å²) in [5, 5.41) is 12.2. The van der Waals surface area contributed by atoms with Gasteiger partial charge >= 0.3 is 5.97 Å². The lowest BCUT2D eigenvalue weighted by Gasteiger charge is -2.10. The highest BCUT2D eigenvalue weighted by molar-refractivity contribution is 9.10. The summed E-state index contributed by atoms with van der Waals surface area (Å²) in [5.41, 5.74) is 2.00. The number of halogens is 2. The number of rotatable bonds is 6. The van der Waals surface area contributed by atoms with Crippen molar-refractivity contribution in [1.82, 2.24) is 0 Å². The van der Waals surface area contributed by atoms with Crippen LogP contribution in [0, 0.1) is 18.3 Å². The largest absolute Gasteiger partial charge is 0.479 e. The van der Waals surface area contributed by atoms with Crippen LogP contribution in [0.4, 0.5) is 5.69 Å². The predicted molar refractivity (Wildman–Crippen MR) is 110 cm³/mol. The van der Waals surface area contributed by atoms with Gasteiger partial charge in [-0.25, -0.2) is 4.79 Å². The fourth-order valence-electron chi connectivity index (χ4n) is 2.23. The Morgan fingerprint density at radius 2 is 2.07 bits per heavy atom. The van der Waals surface area contributed by atoms with Crippen LogP contribution in [-0.2, 0) is 14.3 Å². The molecule has 2 rings (SSSR count). The van der Waals surface area contributed by atoms with Gasteiger partial charge in [-0.3, -0.25) is 4.79 Å². The van der Waals surface area contributed by atoms with E-state index in [1.807, 2.05) is 25.1 Å². The highest BCUT2D eigenvalue weighted by atomic mass is 79.9. The summed E-state index contributed by atoms with van der Waals surface area (Å²) in [6.07, 6.45) is 1.41. The first-order chi connectivity index (χ1) is 13.3. The van der Waals surface area contributed by atoms with Crippen molar-refractivity contribution in [2.24, 2.45) is 0 Å². The number of nitrogens with one attached hydrogen (secondary N) is 1. The molecule has 8 heteroatoms. The molecule has 0 aliphatic rings. The molecule has 1 N–H and O–H groups in total. The van der Waals surface area contributed by atoms with Gasteiger partial charge in [-0.15, -0.1) is 0 Å². The maximum absolute atomic E-state index is 12.4. The molecule has 6 nitrogen and oxygen atoms in total. The molecule has 0 saturated carbocycles. The summed E-state index contributed by atoms with van der Waals surface area (Å²) in [7, 11) is 1.25. The van der Waals surface area contributed by atoms with E-state index < -0.39 is 11.9 Å². The van der Waals surface area contributed by atoms with Crippen molar-refractivity contribution in [1.29, 1.82) is 5.26 Å². The zero-order valence-corrected chi connectivity index (χ0v) is 17.4. The van der Waals surface area contributed by atoms with Crippen LogP contribution < -0.4 is 10.1 Å². The maximum Gasteiger partial charge on any atom is 0.343 e. The van der Waals surface area contributed by atoms with E-state index in [0.29, 0.717) is 15.7 Å². The van der Waals surface area contributed by atoms with Crippen LogP contribution in [0.1, 0.15) is 11.1 Å². The Labute approximate surface area is 175 Å². The van der Waals surface area contributed by atoms with Crippen LogP contribution in [0.15, 0.2) is 46.4 Å². The number of ether oxygens (including phenoxy) is 2. The molecule has 1 amide bonds. The Morgan fingerprint density at radius 3 is 2.68 bits per heavy atom. The third kappa shape index (κ3) is 5.84. The molecule has 0 bridgehead atoms. The molecule has 2 aromatic carbocycles.